The molecular weight excluding hydrogens is 348 g/mol. The molecule has 9 heteroatoms. The van der Waals surface area contributed by atoms with Crippen molar-refractivity contribution in [2.45, 2.75) is 18.7 Å². The van der Waals surface area contributed by atoms with E-state index in [1.807, 2.05) is 0 Å². The van der Waals surface area contributed by atoms with Crippen molar-refractivity contribution in [1.82, 2.24) is 0 Å². The molecule has 0 atom stereocenters. The molecule has 0 bridgehead atoms. The monoisotopic (exact) mass is 362 g/mol. The number of hydrogen-bond acceptors (Lipinski definition) is 7. The first-order chi connectivity index (χ1) is 10.2. The number of thiophene rings is 1. The molecule has 0 N–H and O–H groups in total. The van der Waals surface area contributed by atoms with Gasteiger partial charge in [0, 0.05) is 10.8 Å². The topological polar surface area (TPSA) is 86.7 Å². The molecule has 0 fully saturated rings. The molecule has 0 unspecified atom stereocenters. The lowest BCUT2D eigenvalue weighted by molar-refractivity contribution is 0.452. The maximum absolute atomic E-state index is 12.3. The maximum Gasteiger partial charge on any atom is 0.339 e. The fourth-order valence-corrected chi connectivity index (χ4v) is 4.04. The van der Waals surface area contributed by atoms with E-state index in [1.165, 1.54) is 23.8 Å². The third-order valence-corrected chi connectivity index (χ3v) is 5.96. The summed E-state index contributed by atoms with van der Waals surface area (Å²) in [5.74, 6) is -0.512. The highest BCUT2D eigenvalue weighted by atomic mass is 32.2. The summed E-state index contributed by atoms with van der Waals surface area (Å²) in [5.41, 5.74) is 0.529. The molecule has 0 aliphatic heterocycles. The fourth-order valence-electron chi connectivity index (χ4n) is 1.59. The number of hydrogen-bond donors (Lipinski definition) is 0. The summed E-state index contributed by atoms with van der Waals surface area (Å²) in [6.45, 7) is 3.06. The molecule has 0 radical (unpaired) electrons. The highest BCUT2D eigenvalue weighted by Crippen LogP contribution is 2.35. The maximum atomic E-state index is 12.3. The second-order valence-electron chi connectivity index (χ2n) is 4.33. The van der Waals surface area contributed by atoms with Gasteiger partial charge in [-0.2, -0.15) is 16.8 Å². The summed E-state index contributed by atoms with van der Waals surface area (Å²) in [6, 6.07) is 6.35. The minimum absolute atomic E-state index is 0.0190. The van der Waals surface area contributed by atoms with Crippen LogP contribution in [-0.4, -0.2) is 22.6 Å². The summed E-state index contributed by atoms with van der Waals surface area (Å²) in [4.78, 5) is 0.0190. The van der Waals surface area contributed by atoms with E-state index in [0.717, 1.165) is 11.3 Å². The lowest BCUT2D eigenvalue weighted by atomic mass is 10.2. The molecule has 0 amide bonds. The van der Waals surface area contributed by atoms with Crippen molar-refractivity contribution in [3.8, 4) is 11.5 Å². The molecule has 0 aliphatic carbocycles. The molecule has 2 rings (SSSR count). The second-order valence-corrected chi connectivity index (χ2v) is 8.45. The van der Waals surface area contributed by atoms with E-state index in [0.29, 0.717) is 5.56 Å². The summed E-state index contributed by atoms with van der Waals surface area (Å²) < 4.78 is 57.4. The lowest BCUT2D eigenvalue weighted by Crippen LogP contribution is -2.14. The molecule has 6 nitrogen and oxygen atoms in total. The number of rotatable bonds is 6. The van der Waals surface area contributed by atoms with Gasteiger partial charge in [-0.05, 0) is 25.5 Å². The summed E-state index contributed by atoms with van der Waals surface area (Å²) in [5, 5.41) is 2.74. The van der Waals surface area contributed by atoms with Crippen molar-refractivity contribution in [3.63, 3.8) is 0 Å². The molecule has 22 heavy (non-hydrogen) atoms. The van der Waals surface area contributed by atoms with Gasteiger partial charge < -0.3 is 8.37 Å². The lowest BCUT2D eigenvalue weighted by Gasteiger charge is -2.10. The number of benzene rings is 1. The molecule has 1 aromatic heterocycles. The smallest absolute Gasteiger partial charge is 0.339 e. The van der Waals surface area contributed by atoms with Crippen LogP contribution in [0.15, 0.2) is 39.9 Å². The van der Waals surface area contributed by atoms with Gasteiger partial charge in [0.25, 0.3) is 0 Å². The van der Waals surface area contributed by atoms with Gasteiger partial charge in [-0.3, -0.25) is 0 Å². The Balaban J connectivity index is 2.33. The average Bonchev–Trinajstić information content (AvgIpc) is 2.85. The van der Waals surface area contributed by atoms with Crippen LogP contribution in [-0.2, 0) is 20.2 Å². The molecule has 0 saturated heterocycles. The minimum Gasteiger partial charge on any atom is -0.377 e. The highest BCUT2D eigenvalue weighted by Gasteiger charge is 2.23. The van der Waals surface area contributed by atoms with Gasteiger partial charge in [0.05, 0.1) is 5.75 Å². The Bertz CT molecular complexity index is 865. The van der Waals surface area contributed by atoms with Crippen LogP contribution in [0.1, 0.15) is 12.5 Å². The Labute approximate surface area is 133 Å². The van der Waals surface area contributed by atoms with Gasteiger partial charge in [-0.25, -0.2) is 0 Å². The van der Waals surface area contributed by atoms with Gasteiger partial charge in [0.2, 0.25) is 0 Å². The van der Waals surface area contributed by atoms with Crippen LogP contribution < -0.4 is 8.37 Å². The van der Waals surface area contributed by atoms with Crippen LogP contribution in [0.25, 0.3) is 0 Å². The van der Waals surface area contributed by atoms with E-state index in [-0.39, 0.29) is 22.1 Å². The third kappa shape index (κ3) is 3.79. The molecule has 0 spiro atoms. The molecule has 120 valence electrons. The van der Waals surface area contributed by atoms with Crippen LogP contribution in [0.4, 0.5) is 0 Å². The normalized spacial score (nSPS) is 12.1. The Morgan fingerprint density at radius 2 is 1.59 bits per heavy atom. The Morgan fingerprint density at radius 3 is 2.18 bits per heavy atom. The first-order valence-corrected chi connectivity index (χ1v) is 10.2. The van der Waals surface area contributed by atoms with Gasteiger partial charge >= 0.3 is 20.2 Å². The van der Waals surface area contributed by atoms with E-state index in [1.54, 1.807) is 25.1 Å². The average molecular weight is 362 g/mol. The zero-order chi connectivity index (χ0) is 16.4. The van der Waals surface area contributed by atoms with Crippen LogP contribution in [0.2, 0.25) is 0 Å². The first-order valence-electron chi connectivity index (χ1n) is 6.23. The van der Waals surface area contributed by atoms with Crippen LogP contribution >= 0.6 is 11.3 Å². The molecule has 0 saturated carbocycles. The van der Waals surface area contributed by atoms with E-state index < -0.39 is 20.2 Å². The standard InChI is InChI=1S/C13H14O6S3/c1-3-21(14,15)18-11-8-20-9-12(11)19-22(16,17)13-7-5-4-6-10(13)2/h4-9H,3H2,1-2H3. The van der Waals surface area contributed by atoms with Crippen molar-refractivity contribution in [1.29, 1.82) is 0 Å². The van der Waals surface area contributed by atoms with E-state index in [4.69, 9.17) is 8.37 Å². The summed E-state index contributed by atoms with van der Waals surface area (Å²) in [6.07, 6.45) is 0. The van der Waals surface area contributed by atoms with E-state index in [2.05, 4.69) is 0 Å². The second kappa shape index (κ2) is 6.27. The largest absolute Gasteiger partial charge is 0.377 e. The summed E-state index contributed by atoms with van der Waals surface area (Å²) in [7, 11) is -7.83. The van der Waals surface area contributed by atoms with Gasteiger partial charge in [0.15, 0.2) is 11.5 Å². The van der Waals surface area contributed by atoms with Crippen molar-refractivity contribution in [3.05, 3.63) is 40.6 Å². The molecule has 1 heterocycles. The highest BCUT2D eigenvalue weighted by molar-refractivity contribution is 7.87. The first kappa shape index (κ1) is 16.8. The predicted octanol–water partition coefficient (Wildman–Crippen LogP) is 2.55. The van der Waals surface area contributed by atoms with Crippen molar-refractivity contribution in [2.75, 3.05) is 5.75 Å². The fraction of sp³-hybridized carbons (Fsp3) is 0.231. The van der Waals surface area contributed by atoms with Gasteiger partial charge in [0.1, 0.15) is 4.90 Å². The van der Waals surface area contributed by atoms with Crippen LogP contribution in [0.3, 0.4) is 0 Å². The summed E-state index contributed by atoms with van der Waals surface area (Å²) >= 11 is 1.08. The Morgan fingerprint density at radius 1 is 1.00 bits per heavy atom. The Kier molecular flexibility index (Phi) is 4.78. The van der Waals surface area contributed by atoms with Crippen molar-refractivity contribution in [2.24, 2.45) is 0 Å². The molecule has 0 aliphatic rings. The third-order valence-electron chi connectivity index (χ3n) is 2.73. The Hall–Kier alpha value is -1.58. The minimum atomic E-state index is -4.07. The molecular formula is C13H14O6S3. The molecule has 2 aromatic rings. The van der Waals surface area contributed by atoms with Crippen LogP contribution in [0, 0.1) is 6.92 Å². The van der Waals surface area contributed by atoms with E-state index in [9.17, 15) is 16.8 Å². The zero-order valence-corrected chi connectivity index (χ0v) is 14.3. The van der Waals surface area contributed by atoms with Crippen LogP contribution in [0.5, 0.6) is 11.5 Å². The number of aryl methyl sites for hydroxylation is 1. The van der Waals surface area contributed by atoms with Crippen molar-refractivity contribution < 1.29 is 25.2 Å². The predicted molar refractivity (Wildman–Crippen MR) is 83.4 cm³/mol. The van der Waals surface area contributed by atoms with E-state index >= 15 is 0 Å². The van der Waals surface area contributed by atoms with Gasteiger partial charge in [-0.1, -0.05) is 18.2 Å². The quantitative estimate of drug-likeness (QED) is 0.734. The molecule has 1 aromatic carbocycles. The van der Waals surface area contributed by atoms with Crippen molar-refractivity contribution >= 4 is 31.6 Å². The van der Waals surface area contributed by atoms with Gasteiger partial charge in [-0.15, -0.1) is 11.3 Å². The SMILES string of the molecule is CCS(=O)(=O)Oc1cscc1OS(=O)(=O)c1ccccc1C. The zero-order valence-electron chi connectivity index (χ0n) is 11.8.